The number of halogens is 2. The van der Waals surface area contributed by atoms with Crippen LogP contribution in [-0.4, -0.2) is 0 Å². The Morgan fingerprint density at radius 3 is 2.07 bits per heavy atom. The Hall–Kier alpha value is 0.180. The number of hydrogen-bond donors (Lipinski definition) is 0. The lowest BCUT2D eigenvalue weighted by atomic mass is 9.84. The number of alkyl halides is 1. The summed E-state index contributed by atoms with van der Waals surface area (Å²) in [7, 11) is 0. The summed E-state index contributed by atoms with van der Waals surface area (Å²) in [6, 6.07) is 8.72. The highest BCUT2D eigenvalue weighted by Gasteiger charge is 2.30. The third kappa shape index (κ3) is 2.22. The van der Waals surface area contributed by atoms with Crippen LogP contribution < -0.4 is 0 Å². The van der Waals surface area contributed by atoms with Crippen molar-refractivity contribution in [3.63, 3.8) is 0 Å². The van der Waals surface area contributed by atoms with Crippen LogP contribution in [0, 0.1) is 0 Å². The Balaban J connectivity index is 2.23. The largest absolute Gasteiger partial charge is 0.0801 e. The Kier molecular flexibility index (Phi) is 3.33. The zero-order valence-corrected chi connectivity index (χ0v) is 11.3. The number of hydrogen-bond acceptors (Lipinski definition) is 0. The van der Waals surface area contributed by atoms with Crippen molar-refractivity contribution < 1.29 is 0 Å². The predicted octanol–water partition coefficient (Wildman–Crippen LogP) is 5.00. The summed E-state index contributed by atoms with van der Waals surface area (Å²) < 4.78 is 1.42. The maximum absolute atomic E-state index is 3.91. The minimum Gasteiger partial charge on any atom is -0.0801 e. The molecule has 1 aliphatic rings. The normalized spacial score (nSPS) is 20.7. The smallest absolute Gasteiger partial charge is 0.0506 e. The van der Waals surface area contributed by atoms with Gasteiger partial charge in [0.05, 0.1) is 4.32 Å². The van der Waals surface area contributed by atoms with Crippen LogP contribution in [0.3, 0.4) is 0 Å². The predicted molar refractivity (Wildman–Crippen MR) is 67.8 cm³/mol. The van der Waals surface area contributed by atoms with Crippen LogP contribution in [-0.2, 0) is 4.32 Å². The van der Waals surface area contributed by atoms with Gasteiger partial charge in [0, 0.05) is 4.47 Å². The summed E-state index contributed by atoms with van der Waals surface area (Å²) in [5.41, 5.74) is 1.43. The zero-order valence-electron chi connectivity index (χ0n) is 8.10. The summed E-state index contributed by atoms with van der Waals surface area (Å²) >= 11 is 7.39. The highest BCUT2D eigenvalue weighted by molar-refractivity contribution is 9.10. The van der Waals surface area contributed by atoms with E-state index >= 15 is 0 Å². The molecule has 2 heteroatoms. The molecular weight excluding hydrogens is 304 g/mol. The standard InChI is InChI=1S/C12H14Br2/c13-11-6-4-10(5-7-11)12(14)8-2-1-3-9-12/h4-7H,1-3,8-9H2. The van der Waals surface area contributed by atoms with Crippen molar-refractivity contribution in [1.29, 1.82) is 0 Å². The molecular formula is C12H14Br2. The van der Waals surface area contributed by atoms with E-state index in [1.807, 2.05) is 0 Å². The third-order valence-corrected chi connectivity index (χ3v) is 4.79. The van der Waals surface area contributed by atoms with Gasteiger partial charge in [0.25, 0.3) is 0 Å². The monoisotopic (exact) mass is 316 g/mol. The summed E-state index contributed by atoms with van der Waals surface area (Å²) in [4.78, 5) is 0. The fourth-order valence-electron chi connectivity index (χ4n) is 2.15. The molecule has 76 valence electrons. The lowest BCUT2D eigenvalue weighted by molar-refractivity contribution is 0.415. The molecule has 0 amide bonds. The summed E-state index contributed by atoms with van der Waals surface area (Å²) in [6.07, 6.45) is 6.63. The van der Waals surface area contributed by atoms with E-state index in [2.05, 4.69) is 56.1 Å². The molecule has 1 aliphatic carbocycles. The van der Waals surface area contributed by atoms with Gasteiger partial charge in [-0.15, -0.1) is 0 Å². The minimum atomic E-state index is 0.256. The molecule has 1 aromatic rings. The van der Waals surface area contributed by atoms with Crippen LogP contribution in [0.5, 0.6) is 0 Å². The number of benzene rings is 1. The van der Waals surface area contributed by atoms with Crippen LogP contribution in [0.15, 0.2) is 28.7 Å². The van der Waals surface area contributed by atoms with Gasteiger partial charge < -0.3 is 0 Å². The summed E-state index contributed by atoms with van der Waals surface area (Å²) in [6.45, 7) is 0. The van der Waals surface area contributed by atoms with Gasteiger partial charge in [0.1, 0.15) is 0 Å². The lowest BCUT2D eigenvalue weighted by Crippen LogP contribution is -2.21. The van der Waals surface area contributed by atoms with E-state index < -0.39 is 0 Å². The van der Waals surface area contributed by atoms with E-state index in [9.17, 15) is 0 Å². The molecule has 0 saturated heterocycles. The van der Waals surface area contributed by atoms with Gasteiger partial charge in [-0.3, -0.25) is 0 Å². The van der Waals surface area contributed by atoms with Crippen molar-refractivity contribution >= 4 is 31.9 Å². The molecule has 1 saturated carbocycles. The fourth-order valence-corrected chi connectivity index (χ4v) is 3.24. The van der Waals surface area contributed by atoms with E-state index in [0.717, 1.165) is 4.47 Å². The van der Waals surface area contributed by atoms with Crippen molar-refractivity contribution in [1.82, 2.24) is 0 Å². The molecule has 1 aromatic carbocycles. The molecule has 0 nitrogen and oxygen atoms in total. The molecule has 0 radical (unpaired) electrons. The molecule has 0 spiro atoms. The van der Waals surface area contributed by atoms with Crippen molar-refractivity contribution in [2.75, 3.05) is 0 Å². The molecule has 0 unspecified atom stereocenters. The molecule has 0 atom stereocenters. The second kappa shape index (κ2) is 4.36. The quantitative estimate of drug-likeness (QED) is 0.639. The molecule has 14 heavy (non-hydrogen) atoms. The van der Waals surface area contributed by atoms with E-state index in [4.69, 9.17) is 0 Å². The summed E-state index contributed by atoms with van der Waals surface area (Å²) in [5, 5.41) is 0. The van der Waals surface area contributed by atoms with Gasteiger partial charge in [0.2, 0.25) is 0 Å². The van der Waals surface area contributed by atoms with E-state index in [1.165, 1.54) is 37.7 Å². The fraction of sp³-hybridized carbons (Fsp3) is 0.500. The van der Waals surface area contributed by atoms with Crippen LogP contribution in [0.25, 0.3) is 0 Å². The van der Waals surface area contributed by atoms with Crippen molar-refractivity contribution in [3.05, 3.63) is 34.3 Å². The van der Waals surface area contributed by atoms with Crippen molar-refractivity contribution in [3.8, 4) is 0 Å². The summed E-state index contributed by atoms with van der Waals surface area (Å²) in [5.74, 6) is 0. The first kappa shape index (κ1) is 10.7. The topological polar surface area (TPSA) is 0 Å². The zero-order chi connectivity index (χ0) is 10.0. The van der Waals surface area contributed by atoms with Crippen LogP contribution in [0.4, 0.5) is 0 Å². The first-order chi connectivity index (χ1) is 6.71. The molecule has 0 bridgehead atoms. The third-order valence-electron chi connectivity index (χ3n) is 3.01. The first-order valence-corrected chi connectivity index (χ1v) is 6.74. The SMILES string of the molecule is Brc1ccc(C2(Br)CCCCC2)cc1. The Labute approximate surface area is 102 Å². The van der Waals surface area contributed by atoms with Crippen LogP contribution in [0.2, 0.25) is 0 Å². The Bertz CT molecular complexity index is 297. The average Bonchev–Trinajstić information content (AvgIpc) is 2.19. The molecule has 0 N–H and O–H groups in total. The molecule has 0 heterocycles. The van der Waals surface area contributed by atoms with E-state index in [1.54, 1.807) is 0 Å². The van der Waals surface area contributed by atoms with E-state index in [-0.39, 0.29) is 4.32 Å². The molecule has 2 rings (SSSR count). The van der Waals surface area contributed by atoms with Gasteiger partial charge >= 0.3 is 0 Å². The molecule has 0 aromatic heterocycles. The van der Waals surface area contributed by atoms with Gasteiger partial charge in [-0.05, 0) is 30.5 Å². The highest BCUT2D eigenvalue weighted by atomic mass is 79.9. The van der Waals surface area contributed by atoms with Crippen LogP contribution in [0.1, 0.15) is 37.7 Å². The van der Waals surface area contributed by atoms with Gasteiger partial charge in [-0.25, -0.2) is 0 Å². The molecule has 1 fully saturated rings. The van der Waals surface area contributed by atoms with Gasteiger partial charge in [-0.2, -0.15) is 0 Å². The van der Waals surface area contributed by atoms with Crippen molar-refractivity contribution in [2.45, 2.75) is 36.4 Å². The molecule has 0 aliphatic heterocycles. The Morgan fingerprint density at radius 2 is 1.50 bits per heavy atom. The Morgan fingerprint density at radius 1 is 0.929 bits per heavy atom. The maximum atomic E-state index is 3.91. The van der Waals surface area contributed by atoms with Gasteiger partial charge in [-0.1, -0.05) is 63.3 Å². The number of rotatable bonds is 1. The second-order valence-corrected chi connectivity index (χ2v) is 6.47. The second-order valence-electron chi connectivity index (χ2n) is 4.03. The van der Waals surface area contributed by atoms with E-state index in [0.29, 0.717) is 0 Å². The lowest BCUT2D eigenvalue weighted by Gasteiger charge is -2.32. The average molecular weight is 318 g/mol. The minimum absolute atomic E-state index is 0.256. The highest BCUT2D eigenvalue weighted by Crippen LogP contribution is 2.44. The first-order valence-electron chi connectivity index (χ1n) is 5.16. The van der Waals surface area contributed by atoms with Gasteiger partial charge in [0.15, 0.2) is 0 Å². The van der Waals surface area contributed by atoms with Crippen molar-refractivity contribution in [2.24, 2.45) is 0 Å². The van der Waals surface area contributed by atoms with Crippen LogP contribution >= 0.6 is 31.9 Å². The maximum Gasteiger partial charge on any atom is 0.0506 e.